The molecule has 0 bridgehead atoms. The lowest BCUT2D eigenvalue weighted by atomic mass is 9.99. The van der Waals surface area contributed by atoms with Crippen LogP contribution in [0, 0.1) is 0 Å². The first-order valence-electron chi connectivity index (χ1n) is 10.7. The van der Waals surface area contributed by atoms with Gasteiger partial charge >= 0.3 is 5.97 Å². The highest BCUT2D eigenvalue weighted by atomic mass is 32.2. The number of carboxylic acid groups (broad SMARTS) is 1. The first kappa shape index (κ1) is 21.7. The Morgan fingerprint density at radius 2 is 1.65 bits per heavy atom. The fourth-order valence-electron chi connectivity index (χ4n) is 4.11. The van der Waals surface area contributed by atoms with Crippen LogP contribution in [0.2, 0.25) is 0 Å². The van der Waals surface area contributed by atoms with Gasteiger partial charge in [0.2, 0.25) is 0 Å². The third-order valence-corrected chi connectivity index (χ3v) is 7.14. The van der Waals surface area contributed by atoms with Crippen molar-refractivity contribution in [3.05, 3.63) is 103 Å². The number of hydrogen-bond acceptors (Lipinski definition) is 4. The monoisotopic (exact) mass is 471 g/mol. The SMILES string of the molecule is O=C(O)CC(c1ccc2ccccc2c1)n1cnc2cc(NS(=O)(=O)c3ccccc3)ccc21. The smallest absolute Gasteiger partial charge is 0.305 e. The number of anilines is 1. The second kappa shape index (κ2) is 8.64. The van der Waals surface area contributed by atoms with E-state index in [1.54, 1.807) is 42.7 Å². The maximum Gasteiger partial charge on any atom is 0.305 e. The molecule has 0 aliphatic carbocycles. The van der Waals surface area contributed by atoms with Crippen LogP contribution in [0.5, 0.6) is 0 Å². The lowest BCUT2D eigenvalue weighted by molar-refractivity contribution is -0.137. The second-order valence-electron chi connectivity index (χ2n) is 7.99. The highest BCUT2D eigenvalue weighted by Gasteiger charge is 2.21. The van der Waals surface area contributed by atoms with Crippen LogP contribution < -0.4 is 4.72 Å². The highest BCUT2D eigenvalue weighted by Crippen LogP contribution is 2.30. The van der Waals surface area contributed by atoms with Crippen molar-refractivity contribution in [2.45, 2.75) is 17.4 Å². The van der Waals surface area contributed by atoms with E-state index in [4.69, 9.17) is 0 Å². The molecule has 1 heterocycles. The second-order valence-corrected chi connectivity index (χ2v) is 9.68. The van der Waals surface area contributed by atoms with E-state index in [0.29, 0.717) is 16.7 Å². The van der Waals surface area contributed by atoms with Gasteiger partial charge in [-0.05, 0) is 52.7 Å². The van der Waals surface area contributed by atoms with Crippen LogP contribution in [-0.4, -0.2) is 29.0 Å². The lowest BCUT2D eigenvalue weighted by Crippen LogP contribution is -2.14. The third-order valence-electron chi connectivity index (χ3n) is 5.74. The molecule has 5 rings (SSSR count). The van der Waals surface area contributed by atoms with Gasteiger partial charge < -0.3 is 9.67 Å². The number of hydrogen-bond donors (Lipinski definition) is 2. The van der Waals surface area contributed by atoms with Gasteiger partial charge in [0.1, 0.15) is 0 Å². The molecule has 8 heteroatoms. The Bertz CT molecular complexity index is 1610. The summed E-state index contributed by atoms with van der Waals surface area (Å²) in [5, 5.41) is 11.7. The predicted molar refractivity (Wildman–Crippen MR) is 131 cm³/mol. The van der Waals surface area contributed by atoms with E-state index in [1.165, 1.54) is 12.1 Å². The van der Waals surface area contributed by atoms with Crippen LogP contribution in [0.3, 0.4) is 0 Å². The van der Waals surface area contributed by atoms with E-state index in [2.05, 4.69) is 9.71 Å². The van der Waals surface area contributed by atoms with E-state index in [-0.39, 0.29) is 11.3 Å². The summed E-state index contributed by atoms with van der Waals surface area (Å²) in [6.07, 6.45) is 1.48. The molecule has 0 fully saturated rings. The maximum absolute atomic E-state index is 12.7. The van der Waals surface area contributed by atoms with Crippen LogP contribution in [0.25, 0.3) is 21.8 Å². The van der Waals surface area contributed by atoms with Gasteiger partial charge in [-0.3, -0.25) is 9.52 Å². The molecule has 5 aromatic rings. The molecule has 0 spiro atoms. The van der Waals surface area contributed by atoms with Gasteiger partial charge in [0.25, 0.3) is 10.0 Å². The van der Waals surface area contributed by atoms with E-state index in [0.717, 1.165) is 16.3 Å². The number of nitrogens with one attached hydrogen (secondary N) is 1. The molecule has 170 valence electrons. The Hall–Kier alpha value is -4.17. The topological polar surface area (TPSA) is 101 Å². The van der Waals surface area contributed by atoms with Gasteiger partial charge in [-0.1, -0.05) is 54.6 Å². The fraction of sp³-hybridized carbons (Fsp3) is 0.0769. The number of carbonyl (C=O) groups is 1. The average Bonchev–Trinajstić information content (AvgIpc) is 3.25. The van der Waals surface area contributed by atoms with Crippen molar-refractivity contribution in [3.8, 4) is 0 Å². The molecule has 0 amide bonds. The largest absolute Gasteiger partial charge is 0.481 e. The molecule has 7 nitrogen and oxygen atoms in total. The van der Waals surface area contributed by atoms with Gasteiger partial charge in [-0.25, -0.2) is 13.4 Å². The molecule has 0 aliphatic heterocycles. The van der Waals surface area contributed by atoms with Crippen molar-refractivity contribution in [2.24, 2.45) is 0 Å². The molecule has 0 aliphatic rings. The van der Waals surface area contributed by atoms with E-state index in [1.807, 2.05) is 47.0 Å². The quantitative estimate of drug-likeness (QED) is 0.346. The number of aromatic nitrogens is 2. The number of fused-ring (bicyclic) bond motifs is 2. The fourth-order valence-corrected chi connectivity index (χ4v) is 5.19. The minimum atomic E-state index is -3.73. The zero-order valence-corrected chi connectivity index (χ0v) is 18.8. The first-order valence-corrected chi connectivity index (χ1v) is 12.1. The van der Waals surface area contributed by atoms with Gasteiger partial charge in [-0.15, -0.1) is 0 Å². The number of carboxylic acids is 1. The zero-order valence-electron chi connectivity index (χ0n) is 18.0. The standard InChI is InChI=1S/C26H21N3O4S/c30-26(31)16-25(20-11-10-18-6-4-5-7-19(18)14-20)29-17-27-23-15-21(12-13-24(23)29)28-34(32,33)22-8-2-1-3-9-22/h1-15,17,25,28H,16H2,(H,30,31). The molecule has 2 N–H and O–H groups in total. The summed E-state index contributed by atoms with van der Waals surface area (Å²) < 4.78 is 29.7. The molecule has 34 heavy (non-hydrogen) atoms. The molecular formula is C26H21N3O4S. The van der Waals surface area contributed by atoms with Crippen molar-refractivity contribution in [1.82, 2.24) is 9.55 Å². The summed E-state index contributed by atoms with van der Waals surface area (Å²) >= 11 is 0. The molecular weight excluding hydrogens is 450 g/mol. The predicted octanol–water partition coefficient (Wildman–Crippen LogP) is 5.05. The summed E-state index contributed by atoms with van der Waals surface area (Å²) in [6, 6.07) is 26.5. The Labute approximate surface area is 196 Å². The van der Waals surface area contributed by atoms with Crippen molar-refractivity contribution in [1.29, 1.82) is 0 Å². The summed E-state index contributed by atoms with van der Waals surface area (Å²) in [5.74, 6) is -0.924. The summed E-state index contributed by atoms with van der Waals surface area (Å²) in [4.78, 5) is 16.3. The molecule has 1 unspecified atom stereocenters. The van der Waals surface area contributed by atoms with Crippen LogP contribution in [0.1, 0.15) is 18.0 Å². The molecule has 4 aromatic carbocycles. The summed E-state index contributed by atoms with van der Waals surface area (Å²) in [5.41, 5.74) is 2.50. The van der Waals surface area contributed by atoms with Gasteiger partial charge in [0.15, 0.2) is 0 Å². The normalized spacial score (nSPS) is 12.6. The molecule has 0 saturated heterocycles. The van der Waals surface area contributed by atoms with Crippen LogP contribution >= 0.6 is 0 Å². The molecule has 0 radical (unpaired) electrons. The van der Waals surface area contributed by atoms with Crippen molar-refractivity contribution < 1.29 is 18.3 Å². The molecule has 1 atom stereocenters. The Morgan fingerprint density at radius 3 is 2.41 bits per heavy atom. The number of rotatable bonds is 7. The molecule has 1 aromatic heterocycles. The van der Waals surface area contributed by atoms with E-state index >= 15 is 0 Å². The number of aliphatic carboxylic acids is 1. The number of benzene rings is 4. The molecule has 0 saturated carbocycles. The first-order chi connectivity index (χ1) is 16.4. The van der Waals surface area contributed by atoms with E-state index < -0.39 is 22.0 Å². The zero-order chi connectivity index (χ0) is 23.7. The van der Waals surface area contributed by atoms with Crippen LogP contribution in [-0.2, 0) is 14.8 Å². The van der Waals surface area contributed by atoms with Crippen molar-refractivity contribution in [2.75, 3.05) is 4.72 Å². The van der Waals surface area contributed by atoms with Crippen molar-refractivity contribution >= 4 is 43.5 Å². The average molecular weight is 472 g/mol. The van der Waals surface area contributed by atoms with Crippen molar-refractivity contribution in [3.63, 3.8) is 0 Å². The Balaban J connectivity index is 1.52. The minimum Gasteiger partial charge on any atom is -0.481 e. The number of imidazole rings is 1. The minimum absolute atomic E-state index is 0.119. The maximum atomic E-state index is 12.7. The number of sulfonamides is 1. The van der Waals surface area contributed by atoms with Gasteiger partial charge in [0.05, 0.1) is 40.4 Å². The summed E-state index contributed by atoms with van der Waals surface area (Å²) in [6.45, 7) is 0. The third kappa shape index (κ3) is 4.23. The van der Waals surface area contributed by atoms with Gasteiger partial charge in [-0.2, -0.15) is 0 Å². The lowest BCUT2D eigenvalue weighted by Gasteiger charge is -2.19. The van der Waals surface area contributed by atoms with Crippen LogP contribution in [0.15, 0.2) is 102 Å². The Morgan fingerprint density at radius 1 is 0.912 bits per heavy atom. The van der Waals surface area contributed by atoms with Gasteiger partial charge in [0, 0.05) is 0 Å². The van der Waals surface area contributed by atoms with Crippen LogP contribution in [0.4, 0.5) is 5.69 Å². The summed E-state index contributed by atoms with van der Waals surface area (Å²) in [7, 11) is -3.73. The van der Waals surface area contributed by atoms with E-state index in [9.17, 15) is 18.3 Å². The Kier molecular flexibility index (Phi) is 5.51. The highest BCUT2D eigenvalue weighted by molar-refractivity contribution is 7.92. The number of nitrogens with zero attached hydrogens (tertiary/aromatic N) is 2.